The van der Waals surface area contributed by atoms with Gasteiger partial charge >= 0.3 is 0 Å². The lowest BCUT2D eigenvalue weighted by Gasteiger charge is -2.07. The van der Waals surface area contributed by atoms with Crippen molar-refractivity contribution in [2.75, 3.05) is 6.79 Å². The molecule has 18 heavy (non-hydrogen) atoms. The molecule has 0 saturated heterocycles. The summed E-state index contributed by atoms with van der Waals surface area (Å²) in [6, 6.07) is 7.90. The lowest BCUT2D eigenvalue weighted by atomic mass is 10.2. The van der Waals surface area contributed by atoms with Crippen LogP contribution in [0, 0.1) is 6.92 Å². The smallest absolute Gasteiger partial charge is 0.231 e. The lowest BCUT2D eigenvalue weighted by molar-refractivity contribution is 0.173. The maximum absolute atomic E-state index is 5.46. The molecule has 0 radical (unpaired) electrons. The largest absolute Gasteiger partial charge is 0.468 e. The Hall–Kier alpha value is -1.94. The fourth-order valence-corrected chi connectivity index (χ4v) is 2.03. The second kappa shape index (κ2) is 4.74. The molecule has 0 bridgehead atoms. The zero-order valence-electron chi connectivity index (χ0n) is 10.2. The van der Waals surface area contributed by atoms with E-state index in [0.717, 1.165) is 29.4 Å². The molecule has 94 valence electrons. The molecule has 2 aromatic rings. The third-order valence-electron chi connectivity index (χ3n) is 3.05. The highest BCUT2D eigenvalue weighted by molar-refractivity contribution is 5.48. The summed E-state index contributed by atoms with van der Waals surface area (Å²) in [6.07, 6.45) is 1.71. The molecular weight excluding hydrogens is 230 g/mol. The van der Waals surface area contributed by atoms with E-state index in [2.05, 4.69) is 5.32 Å². The standard InChI is InChI=1S/C14H15NO3/c1-10-5-6-16-13(10)8-15-7-11-3-2-4-12-14(11)18-9-17-12/h2-6,15H,7-9H2,1H3. The number of furan rings is 1. The second-order valence-corrected chi connectivity index (χ2v) is 4.28. The van der Waals surface area contributed by atoms with Gasteiger partial charge in [0, 0.05) is 12.1 Å². The van der Waals surface area contributed by atoms with Gasteiger partial charge in [-0.3, -0.25) is 0 Å². The first-order valence-electron chi connectivity index (χ1n) is 5.96. The molecule has 0 atom stereocenters. The zero-order valence-corrected chi connectivity index (χ0v) is 10.2. The minimum Gasteiger partial charge on any atom is -0.468 e. The van der Waals surface area contributed by atoms with Gasteiger partial charge in [0.1, 0.15) is 5.76 Å². The van der Waals surface area contributed by atoms with Gasteiger partial charge in [-0.25, -0.2) is 0 Å². The maximum Gasteiger partial charge on any atom is 0.231 e. The second-order valence-electron chi connectivity index (χ2n) is 4.28. The highest BCUT2D eigenvalue weighted by Gasteiger charge is 2.16. The molecule has 0 amide bonds. The van der Waals surface area contributed by atoms with Gasteiger partial charge in [-0.2, -0.15) is 0 Å². The Bertz CT molecular complexity index is 548. The number of ether oxygens (including phenoxy) is 2. The van der Waals surface area contributed by atoms with Crippen molar-refractivity contribution in [2.45, 2.75) is 20.0 Å². The predicted molar refractivity (Wildman–Crippen MR) is 66.6 cm³/mol. The van der Waals surface area contributed by atoms with Gasteiger partial charge < -0.3 is 19.2 Å². The molecular formula is C14H15NO3. The van der Waals surface area contributed by atoms with Gasteiger partial charge in [-0.15, -0.1) is 0 Å². The fraction of sp³-hybridized carbons (Fsp3) is 0.286. The number of rotatable bonds is 4. The van der Waals surface area contributed by atoms with Gasteiger partial charge in [0.25, 0.3) is 0 Å². The van der Waals surface area contributed by atoms with Gasteiger partial charge in [0.2, 0.25) is 6.79 Å². The van der Waals surface area contributed by atoms with Crippen LogP contribution in [0.15, 0.2) is 34.9 Å². The molecule has 0 aliphatic carbocycles. The summed E-state index contributed by atoms with van der Waals surface area (Å²) in [5.74, 6) is 2.64. The monoisotopic (exact) mass is 245 g/mol. The number of nitrogens with one attached hydrogen (secondary N) is 1. The normalized spacial score (nSPS) is 12.9. The molecule has 0 spiro atoms. The third-order valence-corrected chi connectivity index (χ3v) is 3.05. The minimum atomic E-state index is 0.309. The number of hydrogen-bond donors (Lipinski definition) is 1. The van der Waals surface area contributed by atoms with Crippen molar-refractivity contribution in [1.82, 2.24) is 5.32 Å². The lowest BCUT2D eigenvalue weighted by Crippen LogP contribution is -2.13. The first-order valence-corrected chi connectivity index (χ1v) is 5.96. The molecule has 1 N–H and O–H groups in total. The Balaban J connectivity index is 1.64. The highest BCUT2D eigenvalue weighted by Crippen LogP contribution is 2.35. The van der Waals surface area contributed by atoms with Crippen LogP contribution >= 0.6 is 0 Å². The van der Waals surface area contributed by atoms with E-state index in [9.17, 15) is 0 Å². The maximum atomic E-state index is 5.46. The van der Waals surface area contributed by atoms with E-state index in [-0.39, 0.29) is 0 Å². The molecule has 2 heterocycles. The van der Waals surface area contributed by atoms with Crippen molar-refractivity contribution in [1.29, 1.82) is 0 Å². The van der Waals surface area contributed by atoms with Crippen molar-refractivity contribution >= 4 is 0 Å². The van der Waals surface area contributed by atoms with Crippen LogP contribution in [0.25, 0.3) is 0 Å². The van der Waals surface area contributed by atoms with Crippen LogP contribution in [0.2, 0.25) is 0 Å². The van der Waals surface area contributed by atoms with E-state index in [1.807, 2.05) is 31.2 Å². The van der Waals surface area contributed by atoms with Crippen molar-refractivity contribution in [2.24, 2.45) is 0 Å². The number of para-hydroxylation sites is 1. The van der Waals surface area contributed by atoms with E-state index >= 15 is 0 Å². The first kappa shape index (κ1) is 11.2. The Kier molecular flexibility index (Phi) is 2.94. The summed E-state index contributed by atoms with van der Waals surface area (Å²) in [5, 5.41) is 3.35. The number of hydrogen-bond acceptors (Lipinski definition) is 4. The molecule has 1 aromatic carbocycles. The van der Waals surface area contributed by atoms with Gasteiger partial charge in [-0.05, 0) is 24.6 Å². The average Bonchev–Trinajstić information content (AvgIpc) is 2.99. The topological polar surface area (TPSA) is 43.6 Å². The van der Waals surface area contributed by atoms with Crippen molar-refractivity contribution in [3.05, 3.63) is 47.4 Å². The van der Waals surface area contributed by atoms with Gasteiger partial charge in [0.15, 0.2) is 11.5 Å². The van der Waals surface area contributed by atoms with Crippen molar-refractivity contribution in [3.63, 3.8) is 0 Å². The highest BCUT2D eigenvalue weighted by atomic mass is 16.7. The SMILES string of the molecule is Cc1ccoc1CNCc1cccc2c1OCO2. The molecule has 0 saturated carbocycles. The fourth-order valence-electron chi connectivity index (χ4n) is 2.03. The van der Waals surface area contributed by atoms with Crippen molar-refractivity contribution < 1.29 is 13.9 Å². The summed E-state index contributed by atoms with van der Waals surface area (Å²) < 4.78 is 16.2. The summed E-state index contributed by atoms with van der Waals surface area (Å²) in [6.45, 7) is 3.79. The Labute approximate surface area is 106 Å². The summed E-state index contributed by atoms with van der Waals surface area (Å²) in [5.41, 5.74) is 2.27. The number of fused-ring (bicyclic) bond motifs is 1. The van der Waals surface area contributed by atoms with Crippen LogP contribution < -0.4 is 14.8 Å². The Morgan fingerprint density at radius 1 is 1.17 bits per heavy atom. The van der Waals surface area contributed by atoms with Crippen LogP contribution in [-0.4, -0.2) is 6.79 Å². The van der Waals surface area contributed by atoms with E-state index in [1.54, 1.807) is 6.26 Å². The molecule has 1 aliphatic heterocycles. The molecule has 0 unspecified atom stereocenters. The molecule has 3 rings (SSSR count). The zero-order chi connectivity index (χ0) is 12.4. The number of aryl methyl sites for hydroxylation is 1. The minimum absolute atomic E-state index is 0.309. The van der Waals surface area contributed by atoms with E-state index in [4.69, 9.17) is 13.9 Å². The summed E-state index contributed by atoms with van der Waals surface area (Å²) in [4.78, 5) is 0. The van der Waals surface area contributed by atoms with Crippen LogP contribution in [0.1, 0.15) is 16.9 Å². The van der Waals surface area contributed by atoms with E-state index < -0.39 is 0 Å². The van der Waals surface area contributed by atoms with Gasteiger partial charge in [-0.1, -0.05) is 12.1 Å². The number of benzene rings is 1. The van der Waals surface area contributed by atoms with Crippen LogP contribution in [0.5, 0.6) is 11.5 Å². The first-order chi connectivity index (χ1) is 8.84. The average molecular weight is 245 g/mol. The molecule has 0 fully saturated rings. The molecule has 1 aromatic heterocycles. The molecule has 4 nitrogen and oxygen atoms in total. The third kappa shape index (κ3) is 2.07. The van der Waals surface area contributed by atoms with E-state index in [1.165, 1.54) is 5.56 Å². The molecule has 1 aliphatic rings. The summed E-state index contributed by atoms with van der Waals surface area (Å²) >= 11 is 0. The van der Waals surface area contributed by atoms with Crippen molar-refractivity contribution in [3.8, 4) is 11.5 Å². The Morgan fingerprint density at radius 2 is 2.11 bits per heavy atom. The van der Waals surface area contributed by atoms with Crippen LogP contribution in [-0.2, 0) is 13.1 Å². The predicted octanol–water partition coefficient (Wildman–Crippen LogP) is 2.61. The van der Waals surface area contributed by atoms with E-state index in [0.29, 0.717) is 13.3 Å². The van der Waals surface area contributed by atoms with Crippen LogP contribution in [0.4, 0.5) is 0 Å². The van der Waals surface area contributed by atoms with Crippen LogP contribution in [0.3, 0.4) is 0 Å². The molecule has 4 heteroatoms. The Morgan fingerprint density at radius 3 is 2.94 bits per heavy atom. The summed E-state index contributed by atoms with van der Waals surface area (Å²) in [7, 11) is 0. The quantitative estimate of drug-likeness (QED) is 0.899. The van der Waals surface area contributed by atoms with Gasteiger partial charge in [0.05, 0.1) is 12.8 Å².